The van der Waals surface area contributed by atoms with Crippen LogP contribution < -0.4 is 18.9 Å². The van der Waals surface area contributed by atoms with Crippen molar-refractivity contribution in [1.29, 1.82) is 0 Å². The predicted octanol–water partition coefficient (Wildman–Crippen LogP) is 7.16. The molecule has 258 valence electrons. The molecule has 10 heteroatoms. The van der Waals surface area contributed by atoms with Crippen molar-refractivity contribution in [3.63, 3.8) is 0 Å². The Morgan fingerprint density at radius 1 is 0.787 bits per heavy atom. The largest absolute Gasteiger partial charge is 0.493 e. The fourth-order valence-electron chi connectivity index (χ4n) is 7.72. The summed E-state index contributed by atoms with van der Waals surface area (Å²) in [6, 6.07) is 19.9. The highest BCUT2D eigenvalue weighted by Gasteiger charge is 2.38. The van der Waals surface area contributed by atoms with Gasteiger partial charge in [0, 0.05) is 43.2 Å². The normalized spacial score (nSPS) is 21.2. The van der Waals surface area contributed by atoms with Gasteiger partial charge >= 0.3 is 0 Å². The van der Waals surface area contributed by atoms with Crippen LogP contribution in [0.1, 0.15) is 59.2 Å². The van der Waals surface area contributed by atoms with Crippen molar-refractivity contribution < 1.29 is 24.1 Å². The predicted molar refractivity (Wildman–Crippen MR) is 196 cm³/mol. The van der Waals surface area contributed by atoms with Gasteiger partial charge in [0.1, 0.15) is 0 Å². The van der Waals surface area contributed by atoms with E-state index in [1.165, 1.54) is 34.2 Å². The molecule has 1 saturated heterocycles. The Balaban J connectivity index is 0.00000250. The Morgan fingerprint density at radius 2 is 1.38 bits per heavy atom. The molecule has 1 fully saturated rings. The first-order chi connectivity index (χ1) is 22.0. The van der Waals surface area contributed by atoms with Crippen LogP contribution in [0.15, 0.2) is 54.6 Å². The third-order valence-corrected chi connectivity index (χ3v) is 11.2. The minimum Gasteiger partial charge on any atom is -0.493 e. The zero-order valence-corrected chi connectivity index (χ0v) is 30.4. The van der Waals surface area contributed by atoms with Crippen LogP contribution in [0.5, 0.6) is 23.0 Å². The molecule has 47 heavy (non-hydrogen) atoms. The molecule has 3 aliphatic heterocycles. The molecule has 3 aromatic carbocycles. The van der Waals surface area contributed by atoms with Crippen LogP contribution in [0.4, 0.5) is 0 Å². The highest BCUT2D eigenvalue weighted by atomic mass is 35.5. The van der Waals surface area contributed by atoms with Gasteiger partial charge in [-0.25, -0.2) is 0 Å². The number of nitrogens with zero attached hydrogens (tertiary/aromatic N) is 2. The smallest absolute Gasteiger partial charge is 0.161 e. The number of fused-ring (bicyclic) bond motifs is 4. The fourth-order valence-corrected chi connectivity index (χ4v) is 8.64. The summed E-state index contributed by atoms with van der Waals surface area (Å²) >= 11 is 1.81. The van der Waals surface area contributed by atoms with E-state index < -0.39 is 6.10 Å². The maximum absolute atomic E-state index is 11.3. The number of rotatable bonds is 12. The number of aliphatic hydroxyl groups is 1. The van der Waals surface area contributed by atoms with E-state index in [0.717, 1.165) is 79.8 Å². The number of piperidine rings is 1. The lowest BCUT2D eigenvalue weighted by molar-refractivity contribution is 0.0571. The number of β-amino-alcohol motifs (C(OH)–C–C–N with tert-alkyl or cyclic N) is 1. The molecule has 4 atom stereocenters. The zero-order chi connectivity index (χ0) is 31.3. The fraction of sp³-hybridized carbons (Fsp3) is 0.514. The number of ether oxygens (including phenoxy) is 4. The van der Waals surface area contributed by atoms with Crippen molar-refractivity contribution in [2.24, 2.45) is 5.92 Å². The lowest BCUT2D eigenvalue weighted by atomic mass is 9.77. The molecule has 3 heterocycles. The molecule has 0 saturated carbocycles. The highest BCUT2D eigenvalue weighted by molar-refractivity contribution is 7.98. The van der Waals surface area contributed by atoms with Gasteiger partial charge in [-0.1, -0.05) is 30.3 Å². The molecule has 3 aliphatic rings. The molecule has 0 amide bonds. The summed E-state index contributed by atoms with van der Waals surface area (Å²) in [6.07, 6.45) is 4.94. The number of hydrogen-bond donors (Lipinski definition) is 1. The summed E-state index contributed by atoms with van der Waals surface area (Å²) in [5.74, 6) is 5.39. The molecule has 0 radical (unpaired) electrons. The molecular weight excluding hydrogens is 655 g/mol. The lowest BCUT2D eigenvalue weighted by Gasteiger charge is -2.46. The van der Waals surface area contributed by atoms with Crippen molar-refractivity contribution in [3.8, 4) is 23.0 Å². The van der Waals surface area contributed by atoms with Gasteiger partial charge in [-0.05, 0) is 96.6 Å². The van der Waals surface area contributed by atoms with Crippen LogP contribution in [0, 0.1) is 5.92 Å². The van der Waals surface area contributed by atoms with E-state index in [1.807, 2.05) is 17.8 Å². The second kappa shape index (κ2) is 17.4. The molecule has 7 nitrogen and oxygen atoms in total. The molecule has 4 unspecified atom stereocenters. The Morgan fingerprint density at radius 3 is 2.04 bits per heavy atom. The molecule has 0 aromatic heterocycles. The minimum absolute atomic E-state index is 0. The summed E-state index contributed by atoms with van der Waals surface area (Å²) in [6.45, 7) is 3.79. The molecule has 6 rings (SSSR count). The van der Waals surface area contributed by atoms with Crippen molar-refractivity contribution in [2.75, 3.05) is 60.4 Å². The Kier molecular flexibility index (Phi) is 13.8. The van der Waals surface area contributed by atoms with E-state index in [2.05, 4.69) is 58.3 Å². The number of methoxy groups -OCH3 is 4. The van der Waals surface area contributed by atoms with Gasteiger partial charge in [0.15, 0.2) is 23.0 Å². The SMILES string of the molecule is COc1cc2c(cc1OC)C1CC(CC3c4cc(OC)c(OC)cc4CCN3CC(O)CSCc3ccccc3)CCN1CC2.Cl.Cl. The standard InChI is InChI=1S/C37H48N2O5S.2ClH/c1-41-34-18-27-11-14-38-13-10-26(16-32(38)30(27)20-36(34)43-3)17-33-31-21-37(44-4)35(42-2)19-28(31)12-15-39(33)22-29(40)24-45-23-25-8-6-5-7-9-25;;/h5-9,18-21,26,29,32-33,40H,10-17,22-24H2,1-4H3;2*1H. The maximum atomic E-state index is 11.3. The molecule has 0 aliphatic carbocycles. The van der Waals surface area contributed by atoms with Crippen LogP contribution >= 0.6 is 36.6 Å². The second-order valence-electron chi connectivity index (χ2n) is 12.7. The van der Waals surface area contributed by atoms with Crippen LogP contribution in [0.2, 0.25) is 0 Å². The van der Waals surface area contributed by atoms with Gasteiger partial charge in [0.25, 0.3) is 0 Å². The summed E-state index contributed by atoms with van der Waals surface area (Å²) in [5, 5.41) is 11.3. The lowest BCUT2D eigenvalue weighted by Crippen LogP contribution is -2.44. The zero-order valence-electron chi connectivity index (χ0n) is 28.0. The summed E-state index contributed by atoms with van der Waals surface area (Å²) in [4.78, 5) is 5.20. The third-order valence-electron chi connectivity index (χ3n) is 10.0. The number of aliphatic hydroxyl groups excluding tert-OH is 1. The third kappa shape index (κ3) is 8.46. The van der Waals surface area contributed by atoms with Gasteiger partial charge in [-0.2, -0.15) is 11.8 Å². The summed E-state index contributed by atoms with van der Waals surface area (Å²) in [5.41, 5.74) is 6.72. The first kappa shape index (κ1) is 37.5. The Bertz CT molecular complexity index is 1450. The van der Waals surface area contributed by atoms with E-state index in [0.29, 0.717) is 18.5 Å². The summed E-state index contributed by atoms with van der Waals surface area (Å²) < 4.78 is 22.8. The van der Waals surface area contributed by atoms with Crippen molar-refractivity contribution in [2.45, 2.75) is 56.0 Å². The van der Waals surface area contributed by atoms with Gasteiger partial charge in [-0.3, -0.25) is 9.80 Å². The highest BCUT2D eigenvalue weighted by Crippen LogP contribution is 2.47. The average molecular weight is 706 g/mol. The van der Waals surface area contributed by atoms with E-state index in [1.54, 1.807) is 28.4 Å². The van der Waals surface area contributed by atoms with Gasteiger partial charge in [-0.15, -0.1) is 24.8 Å². The maximum Gasteiger partial charge on any atom is 0.161 e. The van der Waals surface area contributed by atoms with Crippen LogP contribution in [0.3, 0.4) is 0 Å². The van der Waals surface area contributed by atoms with Gasteiger partial charge in [0.05, 0.1) is 34.5 Å². The molecule has 0 bridgehead atoms. The topological polar surface area (TPSA) is 63.6 Å². The molecule has 3 aromatic rings. The molecule has 0 spiro atoms. The van der Waals surface area contributed by atoms with E-state index in [4.69, 9.17) is 18.9 Å². The van der Waals surface area contributed by atoms with Crippen molar-refractivity contribution in [3.05, 3.63) is 82.4 Å². The monoisotopic (exact) mass is 704 g/mol. The van der Waals surface area contributed by atoms with Crippen LogP contribution in [0.25, 0.3) is 0 Å². The van der Waals surface area contributed by atoms with E-state index in [-0.39, 0.29) is 30.9 Å². The minimum atomic E-state index is -0.391. The van der Waals surface area contributed by atoms with Gasteiger partial charge in [0.2, 0.25) is 0 Å². The van der Waals surface area contributed by atoms with E-state index in [9.17, 15) is 5.11 Å². The van der Waals surface area contributed by atoms with Crippen molar-refractivity contribution >= 4 is 36.6 Å². The number of thioether (sulfide) groups is 1. The average Bonchev–Trinajstić information content (AvgIpc) is 3.08. The van der Waals surface area contributed by atoms with Gasteiger partial charge < -0.3 is 24.1 Å². The van der Waals surface area contributed by atoms with Crippen molar-refractivity contribution in [1.82, 2.24) is 9.80 Å². The number of halogens is 2. The van der Waals surface area contributed by atoms with Crippen LogP contribution in [-0.4, -0.2) is 81.4 Å². The second-order valence-corrected chi connectivity index (χ2v) is 13.7. The Labute approximate surface area is 297 Å². The first-order valence-electron chi connectivity index (χ1n) is 16.3. The van der Waals surface area contributed by atoms with E-state index >= 15 is 0 Å². The van der Waals surface area contributed by atoms with Crippen LogP contribution in [-0.2, 0) is 18.6 Å². The quantitative estimate of drug-likeness (QED) is 0.213. The summed E-state index contributed by atoms with van der Waals surface area (Å²) in [7, 11) is 6.86. The Hall–Kier alpha value is -2.33. The molecular formula is C37H50Cl2N2O5S. The number of hydrogen-bond acceptors (Lipinski definition) is 8. The molecule has 1 N–H and O–H groups in total. The first-order valence-corrected chi connectivity index (χ1v) is 17.4. The number of benzene rings is 3.